The lowest BCUT2D eigenvalue weighted by Crippen LogP contribution is -2.40. The molecule has 1 N–H and O–H groups in total. The first-order valence-corrected chi connectivity index (χ1v) is 8.39. The molecule has 0 spiro atoms. The van der Waals surface area contributed by atoms with Crippen LogP contribution in [0.4, 0.5) is 4.39 Å². The van der Waals surface area contributed by atoms with E-state index in [1.807, 2.05) is 17.8 Å². The maximum absolute atomic E-state index is 13.1. The Labute approximate surface area is 120 Å². The molecule has 1 saturated carbocycles. The van der Waals surface area contributed by atoms with Crippen LogP contribution in [0.15, 0.2) is 24.3 Å². The van der Waals surface area contributed by atoms with Crippen molar-refractivity contribution in [2.24, 2.45) is 0 Å². The van der Waals surface area contributed by atoms with Crippen LogP contribution in [0.1, 0.15) is 38.2 Å². The molecule has 0 amide bonds. The van der Waals surface area contributed by atoms with Crippen LogP contribution < -0.4 is 5.32 Å². The molecule has 0 heterocycles. The summed E-state index contributed by atoms with van der Waals surface area (Å²) in [5.74, 6) is -0.138. The molecule has 0 bridgehead atoms. The summed E-state index contributed by atoms with van der Waals surface area (Å²) in [5, 5.41) is 3.64. The van der Waals surface area contributed by atoms with Crippen LogP contribution in [0.3, 0.4) is 0 Å². The van der Waals surface area contributed by atoms with E-state index >= 15 is 0 Å². The van der Waals surface area contributed by atoms with Crippen molar-refractivity contribution in [2.75, 3.05) is 12.8 Å². The van der Waals surface area contributed by atoms with Gasteiger partial charge >= 0.3 is 0 Å². The van der Waals surface area contributed by atoms with Gasteiger partial charge in [-0.25, -0.2) is 4.39 Å². The Morgan fingerprint density at radius 3 is 2.74 bits per heavy atom. The number of halogens is 1. The third-order valence-electron chi connectivity index (χ3n) is 4.15. The maximum atomic E-state index is 13.1. The zero-order chi connectivity index (χ0) is 13.7. The predicted octanol–water partition coefficient (Wildman–Crippen LogP) is 4.02. The van der Waals surface area contributed by atoms with E-state index in [1.165, 1.54) is 31.7 Å². The van der Waals surface area contributed by atoms with Gasteiger partial charge in [0.05, 0.1) is 0 Å². The Morgan fingerprint density at radius 2 is 2.11 bits per heavy atom. The van der Waals surface area contributed by atoms with Gasteiger partial charge in [0.25, 0.3) is 0 Å². The minimum absolute atomic E-state index is 0.138. The van der Waals surface area contributed by atoms with Crippen LogP contribution in [0.25, 0.3) is 0 Å². The van der Waals surface area contributed by atoms with Crippen molar-refractivity contribution in [3.63, 3.8) is 0 Å². The molecule has 19 heavy (non-hydrogen) atoms. The molecule has 0 aromatic heterocycles. The van der Waals surface area contributed by atoms with Gasteiger partial charge in [-0.2, -0.15) is 11.8 Å². The molecule has 106 valence electrons. The minimum atomic E-state index is -0.138. The first-order valence-electron chi connectivity index (χ1n) is 7.16. The van der Waals surface area contributed by atoms with E-state index < -0.39 is 0 Å². The van der Waals surface area contributed by atoms with Crippen LogP contribution in [-0.2, 0) is 6.42 Å². The van der Waals surface area contributed by atoms with Gasteiger partial charge in [-0.1, -0.05) is 25.0 Å². The Kier molecular flexibility index (Phi) is 5.28. The Hall–Kier alpha value is -0.540. The fourth-order valence-electron chi connectivity index (χ4n) is 2.92. The molecule has 3 heteroatoms. The second kappa shape index (κ2) is 6.76. The van der Waals surface area contributed by atoms with Crippen LogP contribution in [0.2, 0.25) is 0 Å². The molecule has 1 unspecified atom stereocenters. The van der Waals surface area contributed by atoms with Crippen molar-refractivity contribution >= 4 is 11.8 Å². The molecular weight excluding hydrogens is 257 g/mol. The smallest absolute Gasteiger partial charge is 0.123 e. The van der Waals surface area contributed by atoms with Gasteiger partial charge in [0.15, 0.2) is 0 Å². The largest absolute Gasteiger partial charge is 0.313 e. The average molecular weight is 281 g/mol. The SMILES string of the molecule is CSC1(CNC(C)Cc2cccc(F)c2)CCCC1. The Balaban J connectivity index is 1.82. The molecule has 0 aliphatic heterocycles. The van der Waals surface area contributed by atoms with Crippen molar-refractivity contribution in [1.29, 1.82) is 0 Å². The summed E-state index contributed by atoms with van der Waals surface area (Å²) in [7, 11) is 0. The number of hydrogen-bond donors (Lipinski definition) is 1. The van der Waals surface area contributed by atoms with E-state index in [2.05, 4.69) is 18.5 Å². The highest BCUT2D eigenvalue weighted by molar-refractivity contribution is 8.00. The van der Waals surface area contributed by atoms with Gasteiger partial charge in [0.2, 0.25) is 0 Å². The molecule has 1 atom stereocenters. The summed E-state index contributed by atoms with van der Waals surface area (Å²) in [5.41, 5.74) is 1.07. The molecule has 1 aromatic carbocycles. The van der Waals surface area contributed by atoms with Crippen molar-refractivity contribution in [3.05, 3.63) is 35.6 Å². The summed E-state index contributed by atoms with van der Waals surface area (Å²) < 4.78 is 13.6. The first kappa shape index (κ1) is 14.9. The lowest BCUT2D eigenvalue weighted by Gasteiger charge is -2.29. The fourth-order valence-corrected chi connectivity index (χ4v) is 3.85. The van der Waals surface area contributed by atoms with Crippen molar-refractivity contribution in [3.8, 4) is 0 Å². The average Bonchev–Trinajstić information content (AvgIpc) is 2.86. The molecule has 1 aromatic rings. The van der Waals surface area contributed by atoms with E-state index in [9.17, 15) is 4.39 Å². The van der Waals surface area contributed by atoms with Crippen molar-refractivity contribution in [1.82, 2.24) is 5.32 Å². The summed E-state index contributed by atoms with van der Waals surface area (Å²) in [6, 6.07) is 7.33. The maximum Gasteiger partial charge on any atom is 0.123 e. The number of hydrogen-bond acceptors (Lipinski definition) is 2. The van der Waals surface area contributed by atoms with Gasteiger partial charge < -0.3 is 5.32 Å². The highest BCUT2D eigenvalue weighted by Gasteiger charge is 2.32. The van der Waals surface area contributed by atoms with Gasteiger partial charge in [-0.3, -0.25) is 0 Å². The summed E-state index contributed by atoms with van der Waals surface area (Å²) in [6.45, 7) is 3.26. The molecule has 1 fully saturated rings. The summed E-state index contributed by atoms with van der Waals surface area (Å²) >= 11 is 2.01. The van der Waals surface area contributed by atoms with Gasteiger partial charge in [-0.15, -0.1) is 0 Å². The van der Waals surface area contributed by atoms with Crippen LogP contribution in [0.5, 0.6) is 0 Å². The van der Waals surface area contributed by atoms with Crippen LogP contribution >= 0.6 is 11.8 Å². The monoisotopic (exact) mass is 281 g/mol. The first-order chi connectivity index (χ1) is 9.13. The van der Waals surface area contributed by atoms with E-state index in [-0.39, 0.29) is 5.82 Å². The Morgan fingerprint density at radius 1 is 1.37 bits per heavy atom. The second-order valence-corrected chi connectivity index (χ2v) is 6.98. The minimum Gasteiger partial charge on any atom is -0.313 e. The highest BCUT2D eigenvalue weighted by Crippen LogP contribution is 2.39. The lowest BCUT2D eigenvalue weighted by atomic mass is 10.0. The number of nitrogens with one attached hydrogen (secondary N) is 1. The molecule has 1 nitrogen and oxygen atoms in total. The predicted molar refractivity (Wildman–Crippen MR) is 82.3 cm³/mol. The van der Waals surface area contributed by atoms with Gasteiger partial charge in [0.1, 0.15) is 5.82 Å². The van der Waals surface area contributed by atoms with E-state index in [0.29, 0.717) is 10.8 Å². The summed E-state index contributed by atoms with van der Waals surface area (Å²) in [4.78, 5) is 0. The molecule has 1 aliphatic rings. The lowest BCUT2D eigenvalue weighted by molar-refractivity contribution is 0.473. The third-order valence-corrected chi connectivity index (χ3v) is 5.57. The van der Waals surface area contributed by atoms with E-state index in [4.69, 9.17) is 0 Å². The fraction of sp³-hybridized carbons (Fsp3) is 0.625. The van der Waals surface area contributed by atoms with Crippen molar-refractivity contribution < 1.29 is 4.39 Å². The zero-order valence-corrected chi connectivity index (χ0v) is 12.7. The normalized spacial score (nSPS) is 19.5. The number of thioether (sulfide) groups is 1. The molecule has 1 aliphatic carbocycles. The van der Waals surface area contributed by atoms with Crippen molar-refractivity contribution in [2.45, 2.75) is 49.8 Å². The molecule has 2 rings (SSSR count). The van der Waals surface area contributed by atoms with Gasteiger partial charge in [0, 0.05) is 17.3 Å². The van der Waals surface area contributed by atoms with Crippen LogP contribution in [0, 0.1) is 5.82 Å². The van der Waals surface area contributed by atoms with Gasteiger partial charge in [-0.05, 0) is 50.1 Å². The standard InChI is InChI=1S/C16H24FNS/c1-13(10-14-6-5-7-15(17)11-14)18-12-16(19-2)8-3-4-9-16/h5-7,11,13,18H,3-4,8-10,12H2,1-2H3. The van der Waals surface area contributed by atoms with E-state index in [1.54, 1.807) is 12.1 Å². The molecular formula is C16H24FNS. The number of rotatable bonds is 6. The quantitative estimate of drug-likeness (QED) is 0.845. The highest BCUT2D eigenvalue weighted by atomic mass is 32.2. The summed E-state index contributed by atoms with van der Waals surface area (Å²) in [6.07, 6.45) is 8.50. The molecule has 0 radical (unpaired) electrons. The zero-order valence-electron chi connectivity index (χ0n) is 11.9. The second-order valence-electron chi connectivity index (χ2n) is 5.71. The Bertz CT molecular complexity index is 401. The van der Waals surface area contributed by atoms with E-state index in [0.717, 1.165) is 18.5 Å². The molecule has 0 saturated heterocycles. The third kappa shape index (κ3) is 4.22. The topological polar surface area (TPSA) is 12.0 Å². The van der Waals surface area contributed by atoms with Crippen LogP contribution in [-0.4, -0.2) is 23.6 Å². The number of benzene rings is 1.